The van der Waals surface area contributed by atoms with Crippen LogP contribution in [0.1, 0.15) is 16.1 Å². The summed E-state index contributed by atoms with van der Waals surface area (Å²) in [5.41, 5.74) is 9.36. The molecule has 3 aromatic rings. The Morgan fingerprint density at radius 1 is 1.37 bits per heavy atom. The van der Waals surface area contributed by atoms with Crippen LogP contribution in [0, 0.1) is 5.41 Å². The summed E-state index contributed by atoms with van der Waals surface area (Å²) in [7, 11) is 0. The molecule has 7 N–H and O–H groups in total. The lowest BCUT2D eigenvalue weighted by Crippen LogP contribution is -2.74. The number of carbonyl (C=O) groups is 4. The number of aromatic nitrogens is 6. The van der Waals surface area contributed by atoms with Crippen LogP contribution in [0.15, 0.2) is 21.6 Å². The minimum atomic E-state index is -1.35. The van der Waals surface area contributed by atoms with Gasteiger partial charge in [0.2, 0.25) is 11.6 Å². The van der Waals surface area contributed by atoms with E-state index in [1.807, 2.05) is 0 Å². The molecule has 20 heteroatoms. The van der Waals surface area contributed by atoms with Crippen molar-refractivity contribution in [3.8, 4) is 0 Å². The Balaban J connectivity index is 1.27. The lowest BCUT2D eigenvalue weighted by atomic mass is 9.89. The van der Waals surface area contributed by atoms with E-state index in [-0.39, 0.29) is 45.1 Å². The number of hydrogen-bond donors (Lipinski definition) is 5. The number of nitrogens with two attached hydrogens (primary N) is 2. The number of carboxylic acids is 1. The van der Waals surface area contributed by atoms with E-state index in [4.69, 9.17) is 11.5 Å². The smallest absolute Gasteiger partial charge is 0.313 e. The monoisotopic (exact) mass is 579 g/mol. The molecule has 3 amide bonds. The number of thiazole rings is 1. The van der Waals surface area contributed by atoms with Gasteiger partial charge in [-0.2, -0.15) is 0 Å². The number of nitrogen functional groups attached to an aromatic ring is 1. The highest BCUT2D eigenvalue weighted by Crippen LogP contribution is 2.44. The molecule has 5 heterocycles. The fourth-order valence-corrected chi connectivity index (χ4v) is 7.21. The summed E-state index contributed by atoms with van der Waals surface area (Å²) in [6, 6.07) is 0.436. The average Bonchev–Trinajstić information content (AvgIpc) is 3.54. The van der Waals surface area contributed by atoms with E-state index in [1.165, 1.54) is 28.1 Å². The van der Waals surface area contributed by atoms with Gasteiger partial charge in [-0.05, 0) is 16.5 Å². The van der Waals surface area contributed by atoms with E-state index < -0.39 is 46.2 Å². The van der Waals surface area contributed by atoms with Crippen LogP contribution in [0.3, 0.4) is 0 Å². The molecule has 2 unspecified atom stereocenters. The number of rotatable bonds is 8. The number of hydrogen-bond acceptors (Lipinski definition) is 15. The number of thioether (sulfide) groups is 2. The van der Waals surface area contributed by atoms with E-state index >= 15 is 0 Å². The molecule has 198 valence electrons. The molecule has 2 saturated heterocycles. The Morgan fingerprint density at radius 2 is 2.16 bits per heavy atom. The Bertz CT molecular complexity index is 1510. The summed E-state index contributed by atoms with van der Waals surface area (Å²) in [6.45, 7) is -0.114. The van der Waals surface area contributed by atoms with Crippen molar-refractivity contribution in [3.05, 3.63) is 22.7 Å². The van der Waals surface area contributed by atoms with Crippen molar-refractivity contribution in [1.29, 1.82) is 0 Å². The third kappa shape index (κ3) is 4.35. The highest BCUT2D eigenvalue weighted by molar-refractivity contribution is 8.00. The first kappa shape index (κ1) is 25.6. The van der Waals surface area contributed by atoms with Crippen molar-refractivity contribution >= 4 is 75.0 Å². The lowest BCUT2D eigenvalue weighted by molar-refractivity contribution is -0.157. The van der Waals surface area contributed by atoms with Gasteiger partial charge in [-0.3, -0.25) is 19.2 Å². The second-order valence-corrected chi connectivity index (χ2v) is 11.3. The maximum absolute atomic E-state index is 12.9. The number of oxime groups is 1. The van der Waals surface area contributed by atoms with Crippen molar-refractivity contribution < 1.29 is 29.5 Å². The lowest BCUT2D eigenvalue weighted by Gasteiger charge is -2.53. The Morgan fingerprint density at radius 3 is 2.82 bits per heavy atom. The number of nitrogens with zero attached hydrogens (tertiary/aromatic N) is 8. The molecule has 0 radical (unpaired) electrons. The molecule has 5 rings (SSSR count). The van der Waals surface area contributed by atoms with E-state index in [1.54, 1.807) is 0 Å². The van der Waals surface area contributed by atoms with Gasteiger partial charge in [-0.25, -0.2) is 4.98 Å². The summed E-state index contributed by atoms with van der Waals surface area (Å²) in [5.74, 6) is -3.07. The number of nitrogens with one attached hydrogen (secondary N) is 1. The van der Waals surface area contributed by atoms with Crippen molar-refractivity contribution in [1.82, 2.24) is 40.5 Å². The second kappa shape index (κ2) is 9.68. The molecule has 3 atom stereocenters. The first-order valence-electron chi connectivity index (χ1n) is 10.6. The van der Waals surface area contributed by atoms with Crippen molar-refractivity contribution in [2.75, 3.05) is 23.8 Å². The number of fused-ring (bicyclic) bond motifs is 2. The third-order valence-corrected chi connectivity index (χ3v) is 9.34. The summed E-state index contributed by atoms with van der Waals surface area (Å²) in [4.78, 5) is 54.9. The fraction of sp³-hybridized carbons (Fsp3) is 0.333. The molecule has 3 aromatic heterocycles. The van der Waals surface area contributed by atoms with Gasteiger partial charge in [0.25, 0.3) is 11.8 Å². The number of amides is 3. The second-order valence-electron chi connectivity index (χ2n) is 8.27. The van der Waals surface area contributed by atoms with Gasteiger partial charge in [0.05, 0.1) is 5.56 Å². The van der Waals surface area contributed by atoms with E-state index in [0.29, 0.717) is 0 Å². The van der Waals surface area contributed by atoms with E-state index in [2.05, 4.69) is 36.1 Å². The molecule has 0 bridgehead atoms. The predicted octanol–water partition coefficient (Wildman–Crippen LogP) is -1.90. The highest BCUT2D eigenvalue weighted by atomic mass is 32.2. The van der Waals surface area contributed by atoms with Gasteiger partial charge < -0.3 is 32.0 Å². The first-order chi connectivity index (χ1) is 18.1. The quantitative estimate of drug-likeness (QED) is 0.0642. The molecule has 0 spiro atoms. The minimum Gasteiger partial charge on any atom is -0.481 e. The van der Waals surface area contributed by atoms with Gasteiger partial charge in [-0.1, -0.05) is 5.16 Å². The largest absolute Gasteiger partial charge is 0.481 e. The van der Waals surface area contributed by atoms with E-state index in [0.717, 1.165) is 27.7 Å². The van der Waals surface area contributed by atoms with Gasteiger partial charge in [0.1, 0.15) is 27.6 Å². The normalized spacial score (nSPS) is 23.1. The van der Waals surface area contributed by atoms with Gasteiger partial charge in [0.15, 0.2) is 10.8 Å². The van der Waals surface area contributed by atoms with Gasteiger partial charge >= 0.3 is 5.97 Å². The van der Waals surface area contributed by atoms with Crippen LogP contribution < -0.4 is 16.8 Å². The fourth-order valence-electron chi connectivity index (χ4n) is 3.91. The van der Waals surface area contributed by atoms with Crippen molar-refractivity contribution in [2.24, 2.45) is 16.3 Å². The van der Waals surface area contributed by atoms with Crippen molar-refractivity contribution in [2.45, 2.75) is 16.4 Å². The maximum atomic E-state index is 12.9. The standard InChI is InChI=1S/C18H17N11O6S3/c19-11(30)6-1-8(24-29-12(6)23-26-27-29)37-4-18(16(33)34)3-28-14(32)10(15(28)38-5-18)22-13(31)9(25-35)7-2-36-17(20)21-7/h1-2,10,15,35H,3-5H2,(H2,19,30)(H2,20,21)(H,22,31)(H,33,34)/t10?,15-,18?/m1/s1. The molecule has 0 aromatic carbocycles. The molecular formula is C18H17N11O6S3. The SMILES string of the molecule is NC(=O)c1cc(SCC2(C(=O)O)CS[C@@H]3C(NC(=O)C(=NO)c4csc(N)n4)C(=O)N3C2)nn2nnnc12. The minimum absolute atomic E-state index is 0.00819. The van der Waals surface area contributed by atoms with E-state index in [9.17, 15) is 29.5 Å². The Hall–Kier alpha value is -4.04. The highest BCUT2D eigenvalue weighted by Gasteiger charge is 2.57. The van der Waals surface area contributed by atoms with Crippen LogP contribution in [-0.4, -0.2) is 104 Å². The number of carboxylic acid groups (broad SMARTS) is 1. The molecule has 0 saturated carbocycles. The number of carbonyl (C=O) groups excluding carboxylic acids is 3. The topological polar surface area (TPSA) is 257 Å². The van der Waals surface area contributed by atoms with Gasteiger partial charge in [0, 0.05) is 23.4 Å². The van der Waals surface area contributed by atoms with Crippen LogP contribution >= 0.6 is 34.9 Å². The maximum Gasteiger partial charge on any atom is 0.313 e. The van der Waals surface area contributed by atoms with Gasteiger partial charge in [-0.15, -0.1) is 49.7 Å². The predicted molar refractivity (Wildman–Crippen MR) is 133 cm³/mol. The Kier molecular flexibility index (Phi) is 6.53. The van der Waals surface area contributed by atoms with Crippen LogP contribution in [0.2, 0.25) is 0 Å². The zero-order valence-corrected chi connectivity index (χ0v) is 21.4. The first-order valence-corrected chi connectivity index (χ1v) is 13.5. The summed E-state index contributed by atoms with van der Waals surface area (Å²) in [6.07, 6.45) is 0. The van der Waals surface area contributed by atoms with Crippen molar-refractivity contribution in [3.63, 3.8) is 0 Å². The molecular weight excluding hydrogens is 562 g/mol. The molecule has 38 heavy (non-hydrogen) atoms. The average molecular weight is 580 g/mol. The number of aliphatic carboxylic acids is 1. The zero-order chi connectivity index (χ0) is 27.2. The third-order valence-electron chi connectivity index (χ3n) is 5.88. The van der Waals surface area contributed by atoms with Crippen LogP contribution in [-0.2, 0) is 14.4 Å². The molecule has 17 nitrogen and oxygen atoms in total. The summed E-state index contributed by atoms with van der Waals surface area (Å²) >= 11 is 3.30. The molecule has 2 aliphatic heterocycles. The van der Waals surface area contributed by atoms with Crippen LogP contribution in [0.25, 0.3) is 5.65 Å². The molecule has 2 fully saturated rings. The number of primary amides is 1. The number of β-lactam (4-membered cyclic amide) rings is 1. The zero-order valence-electron chi connectivity index (χ0n) is 18.9. The summed E-state index contributed by atoms with van der Waals surface area (Å²) in [5, 5.41) is 41.2. The molecule has 0 aliphatic carbocycles. The number of anilines is 1. The van der Waals surface area contributed by atoms with Crippen LogP contribution in [0.4, 0.5) is 5.13 Å². The number of tetrazole rings is 1. The Labute approximate surface area is 224 Å². The van der Waals surface area contributed by atoms with Crippen LogP contribution in [0.5, 0.6) is 0 Å². The molecule has 2 aliphatic rings. The summed E-state index contributed by atoms with van der Waals surface area (Å²) < 4.78 is 1.03.